The molecule has 10 heteroatoms. The Bertz CT molecular complexity index is 890. The summed E-state index contributed by atoms with van der Waals surface area (Å²) in [7, 11) is 0. The number of halogens is 2. The van der Waals surface area contributed by atoms with Gasteiger partial charge in [0.2, 0.25) is 12.2 Å². The molecule has 4 N–H and O–H groups in total. The van der Waals surface area contributed by atoms with Crippen LogP contribution in [0.15, 0.2) is 22.7 Å². The lowest BCUT2D eigenvalue weighted by molar-refractivity contribution is -0.278. The molecule has 1 aromatic heterocycles. The van der Waals surface area contributed by atoms with Gasteiger partial charge in [0.25, 0.3) is 0 Å². The maximum Gasteiger partial charge on any atom is 0.239 e. The minimum atomic E-state index is -1.56. The topological polar surface area (TPSA) is 117 Å². The summed E-state index contributed by atoms with van der Waals surface area (Å²) in [5.41, 5.74) is 2.16. The lowest BCUT2D eigenvalue weighted by Gasteiger charge is -2.39. The largest absolute Gasteiger partial charge is 0.443 e. The van der Waals surface area contributed by atoms with Crippen molar-refractivity contribution in [2.75, 3.05) is 6.61 Å². The molecule has 0 unspecified atom stereocenters. The number of hydrogen-bond acceptors (Lipinski definition) is 7. The van der Waals surface area contributed by atoms with E-state index in [1.165, 1.54) is 6.07 Å². The molecule has 2 aromatic rings. The molecule has 0 aliphatic carbocycles. The molecule has 0 saturated carbocycles. The molecule has 1 aliphatic rings. The van der Waals surface area contributed by atoms with Gasteiger partial charge in [-0.05, 0) is 54.4 Å². The molecule has 1 aliphatic heterocycles. The normalized spacial score (nSPS) is 26.9. The molecule has 1 saturated heterocycles. The standard InChI is InChI=1S/C20H26BrFN2O6/c1-9(2)24-10(3)12(6-11-4-5-13(21)14(22)7-11)19(23-24)30-20-18(28)17(27)16(26)15(8-25)29-20/h4-5,7,9,15-18,20,25-28H,6,8H2,1-3H3/t15-,16-,17+,18-,20+/m1/s1. The second-order valence-corrected chi connectivity index (χ2v) is 8.50. The van der Waals surface area contributed by atoms with Gasteiger partial charge in [-0.3, -0.25) is 4.68 Å². The number of aliphatic hydroxyl groups is 4. The third-order valence-corrected chi connectivity index (χ3v) is 5.81. The fourth-order valence-electron chi connectivity index (χ4n) is 3.46. The molecule has 0 amide bonds. The highest BCUT2D eigenvalue weighted by atomic mass is 79.9. The number of rotatable bonds is 6. The SMILES string of the molecule is Cc1c(Cc2ccc(Br)c(F)c2)c(O[C@@H]2O[C@H](CO)[C@@H](O)[C@H](O)[C@H]2O)nn1C(C)C. The van der Waals surface area contributed by atoms with E-state index in [2.05, 4.69) is 21.0 Å². The van der Waals surface area contributed by atoms with Crippen molar-refractivity contribution in [3.63, 3.8) is 0 Å². The summed E-state index contributed by atoms with van der Waals surface area (Å²) >= 11 is 3.14. The Morgan fingerprint density at radius 2 is 1.93 bits per heavy atom. The van der Waals surface area contributed by atoms with E-state index in [4.69, 9.17) is 9.47 Å². The van der Waals surface area contributed by atoms with Crippen molar-refractivity contribution in [3.05, 3.63) is 45.3 Å². The number of nitrogens with zero attached hydrogens (tertiary/aromatic N) is 2. The molecular weight excluding hydrogens is 463 g/mol. The van der Waals surface area contributed by atoms with E-state index in [1.807, 2.05) is 20.8 Å². The number of ether oxygens (including phenoxy) is 2. The average molecular weight is 489 g/mol. The van der Waals surface area contributed by atoms with Crippen LogP contribution in [0.4, 0.5) is 4.39 Å². The summed E-state index contributed by atoms with van der Waals surface area (Å²) in [6, 6.07) is 4.81. The predicted octanol–water partition coefficient (Wildman–Crippen LogP) is 1.44. The first-order chi connectivity index (χ1) is 14.1. The van der Waals surface area contributed by atoms with E-state index in [9.17, 15) is 24.8 Å². The van der Waals surface area contributed by atoms with Crippen molar-refractivity contribution < 1.29 is 34.3 Å². The highest BCUT2D eigenvalue weighted by Gasteiger charge is 2.45. The van der Waals surface area contributed by atoms with E-state index in [1.54, 1.807) is 16.8 Å². The van der Waals surface area contributed by atoms with E-state index in [0.717, 1.165) is 5.69 Å². The molecular formula is C20H26BrFN2O6. The van der Waals surface area contributed by atoms with Crippen molar-refractivity contribution in [1.29, 1.82) is 0 Å². The summed E-state index contributed by atoms with van der Waals surface area (Å²) in [6.07, 6.45) is -6.72. The Balaban J connectivity index is 1.93. The van der Waals surface area contributed by atoms with Gasteiger partial charge in [-0.15, -0.1) is 5.10 Å². The Morgan fingerprint density at radius 3 is 2.53 bits per heavy atom. The zero-order valence-electron chi connectivity index (χ0n) is 16.9. The minimum absolute atomic E-state index is 0.0116. The molecule has 3 rings (SSSR count). The fraction of sp³-hybridized carbons (Fsp3) is 0.550. The highest BCUT2D eigenvalue weighted by Crippen LogP contribution is 2.31. The van der Waals surface area contributed by atoms with Crippen molar-refractivity contribution >= 4 is 15.9 Å². The Morgan fingerprint density at radius 1 is 1.23 bits per heavy atom. The number of hydrogen-bond donors (Lipinski definition) is 4. The van der Waals surface area contributed by atoms with Gasteiger partial charge in [0.05, 0.1) is 11.1 Å². The van der Waals surface area contributed by atoms with Gasteiger partial charge in [-0.25, -0.2) is 4.39 Å². The highest BCUT2D eigenvalue weighted by molar-refractivity contribution is 9.10. The number of aliphatic hydroxyl groups excluding tert-OH is 4. The zero-order valence-corrected chi connectivity index (χ0v) is 18.5. The van der Waals surface area contributed by atoms with Crippen molar-refractivity contribution in [2.45, 2.75) is 63.9 Å². The maximum atomic E-state index is 14.0. The average Bonchev–Trinajstić information content (AvgIpc) is 3.01. The molecule has 166 valence electrons. The summed E-state index contributed by atoms with van der Waals surface area (Å²) < 4.78 is 27.3. The van der Waals surface area contributed by atoms with Crippen LogP contribution in [0.3, 0.4) is 0 Å². The van der Waals surface area contributed by atoms with Gasteiger partial charge in [0.1, 0.15) is 30.2 Å². The summed E-state index contributed by atoms with van der Waals surface area (Å²) in [4.78, 5) is 0. The first-order valence-corrected chi connectivity index (χ1v) is 10.4. The zero-order chi connectivity index (χ0) is 22.2. The van der Waals surface area contributed by atoms with E-state index < -0.39 is 43.1 Å². The van der Waals surface area contributed by atoms with Gasteiger partial charge >= 0.3 is 0 Å². The minimum Gasteiger partial charge on any atom is -0.443 e. The first kappa shape index (κ1) is 23.1. The van der Waals surface area contributed by atoms with Gasteiger partial charge in [-0.2, -0.15) is 0 Å². The van der Waals surface area contributed by atoms with Crippen LogP contribution in [0.5, 0.6) is 5.88 Å². The Kier molecular flexibility index (Phi) is 7.16. The van der Waals surface area contributed by atoms with Gasteiger partial charge in [-0.1, -0.05) is 6.07 Å². The smallest absolute Gasteiger partial charge is 0.239 e. The van der Waals surface area contributed by atoms with Crippen LogP contribution in [-0.2, 0) is 11.2 Å². The van der Waals surface area contributed by atoms with Crippen LogP contribution in [0.25, 0.3) is 0 Å². The van der Waals surface area contributed by atoms with Gasteiger partial charge < -0.3 is 29.9 Å². The molecule has 30 heavy (non-hydrogen) atoms. The van der Waals surface area contributed by atoms with Crippen LogP contribution >= 0.6 is 15.9 Å². The molecule has 2 heterocycles. The van der Waals surface area contributed by atoms with Crippen LogP contribution < -0.4 is 4.74 Å². The van der Waals surface area contributed by atoms with Crippen LogP contribution in [0, 0.1) is 12.7 Å². The summed E-state index contributed by atoms with van der Waals surface area (Å²) in [6.45, 7) is 5.19. The molecule has 0 spiro atoms. The molecule has 5 atom stereocenters. The monoisotopic (exact) mass is 488 g/mol. The van der Waals surface area contributed by atoms with Crippen molar-refractivity contribution in [2.24, 2.45) is 0 Å². The second-order valence-electron chi connectivity index (χ2n) is 7.65. The van der Waals surface area contributed by atoms with Gasteiger partial charge in [0.15, 0.2) is 0 Å². The summed E-state index contributed by atoms with van der Waals surface area (Å²) in [5, 5.41) is 44.1. The van der Waals surface area contributed by atoms with Crippen LogP contribution in [0.1, 0.15) is 36.7 Å². The maximum absolute atomic E-state index is 14.0. The van der Waals surface area contributed by atoms with E-state index >= 15 is 0 Å². The molecule has 1 aromatic carbocycles. The van der Waals surface area contributed by atoms with E-state index in [-0.39, 0.29) is 11.9 Å². The second kappa shape index (κ2) is 9.29. The lowest BCUT2D eigenvalue weighted by atomic mass is 9.99. The first-order valence-electron chi connectivity index (χ1n) is 9.63. The van der Waals surface area contributed by atoms with Gasteiger partial charge in [0, 0.05) is 23.7 Å². The molecule has 1 fully saturated rings. The Labute approximate surface area is 182 Å². The number of benzene rings is 1. The third kappa shape index (κ3) is 4.53. The predicted molar refractivity (Wildman–Crippen MR) is 109 cm³/mol. The van der Waals surface area contributed by atoms with Crippen molar-refractivity contribution in [3.8, 4) is 5.88 Å². The third-order valence-electron chi connectivity index (χ3n) is 5.17. The summed E-state index contributed by atoms with van der Waals surface area (Å²) in [5.74, 6) is -0.230. The lowest BCUT2D eigenvalue weighted by Crippen LogP contribution is -2.60. The van der Waals surface area contributed by atoms with Crippen molar-refractivity contribution in [1.82, 2.24) is 9.78 Å². The fourth-order valence-corrected chi connectivity index (χ4v) is 3.70. The van der Waals surface area contributed by atoms with E-state index in [0.29, 0.717) is 22.0 Å². The Hall–Kier alpha value is -1.56. The number of aromatic nitrogens is 2. The molecule has 0 bridgehead atoms. The van der Waals surface area contributed by atoms with Crippen LogP contribution in [-0.4, -0.2) is 67.5 Å². The quantitative estimate of drug-likeness (QED) is 0.485. The molecule has 0 radical (unpaired) electrons. The van der Waals surface area contributed by atoms with Crippen LogP contribution in [0.2, 0.25) is 0 Å². The molecule has 8 nitrogen and oxygen atoms in total.